The summed E-state index contributed by atoms with van der Waals surface area (Å²) in [4.78, 5) is 34.8. The van der Waals surface area contributed by atoms with Crippen molar-refractivity contribution in [2.75, 3.05) is 27.7 Å². The number of likely N-dealkylation sites (N-methyl/N-ethyl adjacent to an activating group) is 1. The van der Waals surface area contributed by atoms with Crippen LogP contribution in [0.5, 0.6) is 0 Å². The van der Waals surface area contributed by atoms with Gasteiger partial charge in [-0.1, -0.05) is 0 Å². The van der Waals surface area contributed by atoms with Gasteiger partial charge in [-0.3, -0.25) is 19.8 Å². The number of imide groups is 1. The van der Waals surface area contributed by atoms with Crippen molar-refractivity contribution in [2.24, 2.45) is 0 Å². The molecule has 1 atom stereocenters. The van der Waals surface area contributed by atoms with E-state index in [1.165, 1.54) is 19.1 Å². The van der Waals surface area contributed by atoms with Gasteiger partial charge in [0.25, 0.3) is 0 Å². The fraction of sp³-hybridized carbons (Fsp3) is 0.667. The molecule has 0 aromatic carbocycles. The molecule has 0 spiro atoms. The Morgan fingerprint density at radius 1 is 1.38 bits per heavy atom. The van der Waals surface area contributed by atoms with Crippen molar-refractivity contribution in [3.8, 4) is 0 Å². The van der Waals surface area contributed by atoms with E-state index in [-0.39, 0.29) is 6.54 Å². The van der Waals surface area contributed by atoms with Crippen molar-refractivity contribution in [2.45, 2.75) is 13.0 Å². The van der Waals surface area contributed by atoms with Gasteiger partial charge in [-0.2, -0.15) is 0 Å². The Hall–Kier alpha value is -1.63. The maximum atomic E-state index is 11.5. The monoisotopic (exact) mass is 231 g/mol. The van der Waals surface area contributed by atoms with Gasteiger partial charge >= 0.3 is 12.0 Å². The van der Waals surface area contributed by atoms with Crippen LogP contribution in [-0.4, -0.2) is 56.6 Å². The number of rotatable bonds is 4. The molecular weight excluding hydrogens is 214 g/mol. The van der Waals surface area contributed by atoms with Crippen molar-refractivity contribution >= 4 is 17.9 Å². The number of nitrogens with one attached hydrogen (secondary N) is 2. The van der Waals surface area contributed by atoms with Gasteiger partial charge in [0.1, 0.15) is 0 Å². The minimum atomic E-state index is -0.601. The van der Waals surface area contributed by atoms with Crippen LogP contribution in [0.2, 0.25) is 0 Å². The molecule has 0 aliphatic heterocycles. The SMILES string of the molecule is CNC(=O)NC(=O)C(C)N(C)CC(=O)OC. The van der Waals surface area contributed by atoms with Crippen molar-refractivity contribution in [3.63, 3.8) is 0 Å². The van der Waals surface area contributed by atoms with E-state index >= 15 is 0 Å². The molecule has 0 bridgehead atoms. The number of hydrogen-bond acceptors (Lipinski definition) is 5. The van der Waals surface area contributed by atoms with Crippen LogP contribution in [0.1, 0.15) is 6.92 Å². The molecule has 2 N–H and O–H groups in total. The summed E-state index contributed by atoms with van der Waals surface area (Å²) in [5.74, 6) is -0.923. The molecule has 0 saturated carbocycles. The lowest BCUT2D eigenvalue weighted by atomic mass is 10.3. The summed E-state index contributed by atoms with van der Waals surface area (Å²) in [6.07, 6.45) is 0. The minimum absolute atomic E-state index is 0.0150. The molecule has 0 aliphatic carbocycles. The molecule has 7 heteroatoms. The average Bonchev–Trinajstić information content (AvgIpc) is 2.27. The lowest BCUT2D eigenvalue weighted by Gasteiger charge is -2.21. The summed E-state index contributed by atoms with van der Waals surface area (Å²) in [6.45, 7) is 1.57. The highest BCUT2D eigenvalue weighted by Crippen LogP contribution is 1.95. The Balaban J connectivity index is 4.21. The summed E-state index contributed by atoms with van der Waals surface area (Å²) in [5, 5.41) is 4.38. The third-order valence-electron chi connectivity index (χ3n) is 2.11. The van der Waals surface area contributed by atoms with Crippen LogP contribution >= 0.6 is 0 Å². The smallest absolute Gasteiger partial charge is 0.321 e. The van der Waals surface area contributed by atoms with E-state index in [9.17, 15) is 14.4 Å². The molecule has 16 heavy (non-hydrogen) atoms. The second-order valence-electron chi connectivity index (χ2n) is 3.24. The van der Waals surface area contributed by atoms with Gasteiger partial charge < -0.3 is 10.1 Å². The molecule has 0 saturated heterocycles. The predicted octanol–water partition coefficient (Wildman–Crippen LogP) is -1.06. The predicted molar refractivity (Wildman–Crippen MR) is 56.7 cm³/mol. The maximum Gasteiger partial charge on any atom is 0.321 e. The van der Waals surface area contributed by atoms with Crippen molar-refractivity contribution < 1.29 is 19.1 Å². The number of carbonyl (C=O) groups excluding carboxylic acids is 3. The zero-order valence-corrected chi connectivity index (χ0v) is 9.86. The van der Waals surface area contributed by atoms with Crippen LogP contribution in [0.15, 0.2) is 0 Å². The van der Waals surface area contributed by atoms with Gasteiger partial charge in [0.05, 0.1) is 19.7 Å². The molecule has 0 aromatic rings. The summed E-state index contributed by atoms with van der Waals surface area (Å²) in [6, 6.07) is -1.18. The molecular formula is C9H17N3O4. The first-order valence-corrected chi connectivity index (χ1v) is 4.72. The van der Waals surface area contributed by atoms with E-state index in [0.29, 0.717) is 0 Å². The van der Waals surface area contributed by atoms with Gasteiger partial charge in [-0.05, 0) is 14.0 Å². The van der Waals surface area contributed by atoms with E-state index in [4.69, 9.17) is 0 Å². The van der Waals surface area contributed by atoms with Gasteiger partial charge in [0.2, 0.25) is 5.91 Å². The van der Waals surface area contributed by atoms with Gasteiger partial charge in [0, 0.05) is 7.05 Å². The van der Waals surface area contributed by atoms with Crippen molar-refractivity contribution in [3.05, 3.63) is 0 Å². The molecule has 3 amide bonds. The highest BCUT2D eigenvalue weighted by atomic mass is 16.5. The maximum absolute atomic E-state index is 11.5. The Labute approximate surface area is 94.1 Å². The second kappa shape index (κ2) is 6.78. The Bertz CT molecular complexity index is 280. The third-order valence-corrected chi connectivity index (χ3v) is 2.11. The highest BCUT2D eigenvalue weighted by Gasteiger charge is 2.21. The van der Waals surface area contributed by atoms with Crippen molar-refractivity contribution in [1.29, 1.82) is 0 Å². The topological polar surface area (TPSA) is 87.7 Å². The van der Waals surface area contributed by atoms with E-state index in [2.05, 4.69) is 15.4 Å². The third kappa shape index (κ3) is 4.74. The van der Waals surface area contributed by atoms with Crippen LogP contribution in [0.25, 0.3) is 0 Å². The molecule has 0 aromatic heterocycles. The largest absolute Gasteiger partial charge is 0.468 e. The number of methoxy groups -OCH3 is 1. The Morgan fingerprint density at radius 3 is 2.38 bits per heavy atom. The summed E-state index contributed by atoms with van der Waals surface area (Å²) in [7, 11) is 4.27. The molecule has 1 unspecified atom stereocenters. The Morgan fingerprint density at radius 2 is 1.94 bits per heavy atom. The first-order valence-electron chi connectivity index (χ1n) is 4.72. The van der Waals surface area contributed by atoms with Crippen LogP contribution in [0.3, 0.4) is 0 Å². The van der Waals surface area contributed by atoms with E-state index in [1.807, 2.05) is 0 Å². The van der Waals surface area contributed by atoms with Crippen LogP contribution in [0.4, 0.5) is 4.79 Å². The highest BCUT2D eigenvalue weighted by molar-refractivity contribution is 5.96. The standard InChI is InChI=1S/C9H17N3O4/c1-6(8(14)11-9(15)10-2)12(3)5-7(13)16-4/h6H,5H2,1-4H3,(H2,10,11,14,15). The Kier molecular flexibility index (Phi) is 6.09. The number of nitrogens with zero attached hydrogens (tertiary/aromatic N) is 1. The van der Waals surface area contributed by atoms with E-state index < -0.39 is 23.9 Å². The fourth-order valence-corrected chi connectivity index (χ4v) is 0.884. The molecule has 0 fully saturated rings. The first-order chi connectivity index (χ1) is 7.42. The molecule has 0 aliphatic rings. The zero-order valence-electron chi connectivity index (χ0n) is 9.86. The van der Waals surface area contributed by atoms with Crippen LogP contribution in [-0.2, 0) is 14.3 Å². The summed E-state index contributed by atoms with van der Waals surface area (Å²) < 4.78 is 4.46. The number of amides is 3. The average molecular weight is 231 g/mol. The van der Waals surface area contributed by atoms with Gasteiger partial charge in [0.15, 0.2) is 0 Å². The molecule has 92 valence electrons. The summed E-state index contributed by atoms with van der Waals surface area (Å²) in [5.41, 5.74) is 0. The van der Waals surface area contributed by atoms with E-state index in [1.54, 1.807) is 14.0 Å². The van der Waals surface area contributed by atoms with Crippen LogP contribution in [0, 0.1) is 0 Å². The minimum Gasteiger partial charge on any atom is -0.468 e. The normalized spacial score (nSPS) is 11.8. The number of hydrogen-bond donors (Lipinski definition) is 2. The van der Waals surface area contributed by atoms with Gasteiger partial charge in [-0.15, -0.1) is 0 Å². The molecule has 0 rings (SSSR count). The molecule has 7 nitrogen and oxygen atoms in total. The number of esters is 1. The van der Waals surface area contributed by atoms with E-state index in [0.717, 1.165) is 0 Å². The fourth-order valence-electron chi connectivity index (χ4n) is 0.884. The second-order valence-corrected chi connectivity index (χ2v) is 3.24. The van der Waals surface area contributed by atoms with Crippen molar-refractivity contribution in [1.82, 2.24) is 15.5 Å². The number of urea groups is 1. The lowest BCUT2D eigenvalue weighted by Crippen LogP contribution is -2.49. The quantitative estimate of drug-likeness (QED) is 0.602. The van der Waals surface area contributed by atoms with Crippen LogP contribution < -0.4 is 10.6 Å². The lowest BCUT2D eigenvalue weighted by molar-refractivity contribution is -0.142. The number of ether oxygens (including phenoxy) is 1. The zero-order chi connectivity index (χ0) is 12.7. The number of carbonyl (C=O) groups is 3. The summed E-state index contributed by atoms with van der Waals surface area (Å²) >= 11 is 0. The molecule has 0 radical (unpaired) electrons. The first kappa shape index (κ1) is 14.4. The van der Waals surface area contributed by atoms with Gasteiger partial charge in [-0.25, -0.2) is 4.79 Å². The molecule has 0 heterocycles.